The number of nitrogens with one attached hydrogen (secondary N) is 1. The summed E-state index contributed by atoms with van der Waals surface area (Å²) in [6.07, 6.45) is 1.66. The van der Waals surface area contributed by atoms with E-state index in [2.05, 4.69) is 10.5 Å². The fraction of sp³-hybridized carbons (Fsp3) is 0.385. The summed E-state index contributed by atoms with van der Waals surface area (Å²) >= 11 is 0. The van der Waals surface area contributed by atoms with Crippen LogP contribution in [0.1, 0.15) is 37.0 Å². The second kappa shape index (κ2) is 5.53. The summed E-state index contributed by atoms with van der Waals surface area (Å²) < 4.78 is 10.4. The Bertz CT molecular complexity index is 477. The molecule has 1 N–H and O–H groups in total. The van der Waals surface area contributed by atoms with E-state index in [4.69, 9.17) is 9.47 Å². The maximum Gasteiger partial charge on any atom is 0.271 e. The second-order valence-electron chi connectivity index (χ2n) is 3.89. The van der Waals surface area contributed by atoms with Gasteiger partial charge in [-0.25, -0.2) is 5.43 Å². The van der Waals surface area contributed by atoms with Crippen molar-refractivity contribution in [3.63, 3.8) is 0 Å². The SMILES string of the molecule is CCC(CC)=NNC(=O)c1ccc2c(c1)OCO2. The van der Waals surface area contributed by atoms with Gasteiger partial charge in [0.1, 0.15) is 0 Å². The van der Waals surface area contributed by atoms with Crippen LogP contribution in [0.25, 0.3) is 0 Å². The molecule has 1 aromatic carbocycles. The van der Waals surface area contributed by atoms with Crippen molar-refractivity contribution >= 4 is 11.6 Å². The molecule has 1 aromatic rings. The number of carbonyl (C=O) groups is 1. The third kappa shape index (κ3) is 2.61. The standard InChI is InChI=1S/C13H16N2O3/c1-3-10(4-2)14-15-13(16)9-5-6-11-12(7-9)18-8-17-11/h5-7H,3-4,8H2,1-2H3,(H,15,16). The Labute approximate surface area is 106 Å². The number of nitrogens with zero attached hydrogens (tertiary/aromatic N) is 1. The highest BCUT2D eigenvalue weighted by molar-refractivity contribution is 5.96. The first kappa shape index (κ1) is 12.4. The smallest absolute Gasteiger partial charge is 0.271 e. The zero-order valence-electron chi connectivity index (χ0n) is 10.5. The van der Waals surface area contributed by atoms with E-state index in [1.54, 1.807) is 18.2 Å². The molecule has 5 nitrogen and oxygen atoms in total. The van der Waals surface area contributed by atoms with Crippen molar-refractivity contribution in [2.45, 2.75) is 26.7 Å². The van der Waals surface area contributed by atoms with Gasteiger partial charge in [-0.1, -0.05) is 13.8 Å². The number of carbonyl (C=O) groups excluding carboxylic acids is 1. The van der Waals surface area contributed by atoms with Crippen LogP contribution in [0.5, 0.6) is 11.5 Å². The molecule has 5 heteroatoms. The van der Waals surface area contributed by atoms with Gasteiger partial charge in [-0.05, 0) is 31.0 Å². The lowest BCUT2D eigenvalue weighted by Crippen LogP contribution is -2.19. The molecule has 0 atom stereocenters. The number of ether oxygens (including phenoxy) is 2. The quantitative estimate of drug-likeness (QED) is 0.657. The van der Waals surface area contributed by atoms with Gasteiger partial charge in [-0.3, -0.25) is 4.79 Å². The first-order valence-electron chi connectivity index (χ1n) is 6.00. The summed E-state index contributed by atoms with van der Waals surface area (Å²) in [6, 6.07) is 5.07. The van der Waals surface area contributed by atoms with Crippen LogP contribution in [0.3, 0.4) is 0 Å². The largest absolute Gasteiger partial charge is 0.454 e. The van der Waals surface area contributed by atoms with Crippen molar-refractivity contribution < 1.29 is 14.3 Å². The topological polar surface area (TPSA) is 59.9 Å². The number of benzene rings is 1. The van der Waals surface area contributed by atoms with E-state index < -0.39 is 0 Å². The Morgan fingerprint density at radius 2 is 2.00 bits per heavy atom. The molecule has 96 valence electrons. The maximum absolute atomic E-state index is 11.9. The van der Waals surface area contributed by atoms with Crippen molar-refractivity contribution in [3.8, 4) is 11.5 Å². The van der Waals surface area contributed by atoms with Gasteiger partial charge in [0.25, 0.3) is 5.91 Å². The predicted molar refractivity (Wildman–Crippen MR) is 68.0 cm³/mol. The van der Waals surface area contributed by atoms with E-state index in [0.29, 0.717) is 17.1 Å². The summed E-state index contributed by atoms with van der Waals surface area (Å²) in [5, 5.41) is 4.08. The number of rotatable bonds is 4. The Balaban J connectivity index is 2.07. The Morgan fingerprint density at radius 1 is 1.28 bits per heavy atom. The van der Waals surface area contributed by atoms with Crippen LogP contribution in [0.4, 0.5) is 0 Å². The number of amides is 1. The first-order valence-corrected chi connectivity index (χ1v) is 6.00. The molecule has 18 heavy (non-hydrogen) atoms. The highest BCUT2D eigenvalue weighted by atomic mass is 16.7. The van der Waals surface area contributed by atoms with Gasteiger partial charge in [-0.2, -0.15) is 5.10 Å². The van der Waals surface area contributed by atoms with Gasteiger partial charge in [0.2, 0.25) is 6.79 Å². The number of fused-ring (bicyclic) bond motifs is 1. The molecule has 1 amide bonds. The summed E-state index contributed by atoms with van der Waals surface area (Å²) in [5.41, 5.74) is 4.02. The molecule has 0 radical (unpaired) electrons. The van der Waals surface area contributed by atoms with Gasteiger partial charge < -0.3 is 9.47 Å². The average Bonchev–Trinajstić information content (AvgIpc) is 2.86. The second-order valence-corrected chi connectivity index (χ2v) is 3.89. The lowest BCUT2D eigenvalue weighted by Gasteiger charge is -2.03. The molecule has 0 bridgehead atoms. The van der Waals surface area contributed by atoms with Crippen LogP contribution >= 0.6 is 0 Å². The molecule has 1 heterocycles. The highest BCUT2D eigenvalue weighted by Crippen LogP contribution is 2.32. The molecule has 0 aliphatic carbocycles. The molecule has 0 spiro atoms. The van der Waals surface area contributed by atoms with Gasteiger partial charge in [0, 0.05) is 11.3 Å². The van der Waals surface area contributed by atoms with E-state index in [-0.39, 0.29) is 12.7 Å². The zero-order chi connectivity index (χ0) is 13.0. The van der Waals surface area contributed by atoms with E-state index in [1.807, 2.05) is 13.8 Å². The summed E-state index contributed by atoms with van der Waals surface area (Å²) in [4.78, 5) is 11.9. The minimum absolute atomic E-state index is 0.203. The van der Waals surface area contributed by atoms with E-state index in [0.717, 1.165) is 18.6 Å². The Kier molecular flexibility index (Phi) is 3.82. The van der Waals surface area contributed by atoms with Crippen molar-refractivity contribution in [2.24, 2.45) is 5.10 Å². The molecule has 2 rings (SSSR count). The van der Waals surface area contributed by atoms with Crippen molar-refractivity contribution in [1.82, 2.24) is 5.43 Å². The maximum atomic E-state index is 11.9. The molecular formula is C13H16N2O3. The third-order valence-corrected chi connectivity index (χ3v) is 2.77. The van der Waals surface area contributed by atoms with E-state index >= 15 is 0 Å². The monoisotopic (exact) mass is 248 g/mol. The third-order valence-electron chi connectivity index (χ3n) is 2.77. The number of hydrogen-bond donors (Lipinski definition) is 1. The van der Waals surface area contributed by atoms with Gasteiger partial charge in [0.15, 0.2) is 11.5 Å². The van der Waals surface area contributed by atoms with Crippen LogP contribution < -0.4 is 14.9 Å². The lowest BCUT2D eigenvalue weighted by molar-refractivity contribution is 0.0954. The fourth-order valence-corrected chi connectivity index (χ4v) is 1.64. The van der Waals surface area contributed by atoms with Crippen LogP contribution in [0, 0.1) is 0 Å². The highest BCUT2D eigenvalue weighted by Gasteiger charge is 2.15. The van der Waals surface area contributed by atoms with Crippen LogP contribution in [-0.2, 0) is 0 Å². The molecule has 1 aliphatic heterocycles. The molecular weight excluding hydrogens is 232 g/mol. The van der Waals surface area contributed by atoms with Crippen LogP contribution in [-0.4, -0.2) is 18.4 Å². The number of hydrogen-bond acceptors (Lipinski definition) is 4. The summed E-state index contributed by atoms with van der Waals surface area (Å²) in [5.74, 6) is 1.02. The first-order chi connectivity index (χ1) is 8.74. The molecule has 1 aliphatic rings. The molecule has 0 saturated heterocycles. The normalized spacial score (nSPS) is 12.1. The fourth-order valence-electron chi connectivity index (χ4n) is 1.64. The Morgan fingerprint density at radius 3 is 2.72 bits per heavy atom. The Hall–Kier alpha value is -2.04. The summed E-state index contributed by atoms with van der Waals surface area (Å²) in [6.45, 7) is 4.22. The van der Waals surface area contributed by atoms with Gasteiger partial charge in [-0.15, -0.1) is 0 Å². The summed E-state index contributed by atoms with van der Waals surface area (Å²) in [7, 11) is 0. The van der Waals surface area contributed by atoms with E-state index in [9.17, 15) is 4.79 Å². The molecule has 0 aromatic heterocycles. The molecule has 0 unspecified atom stereocenters. The molecule has 0 saturated carbocycles. The van der Waals surface area contributed by atoms with E-state index in [1.165, 1.54) is 0 Å². The van der Waals surface area contributed by atoms with Crippen molar-refractivity contribution in [3.05, 3.63) is 23.8 Å². The number of hydrazone groups is 1. The lowest BCUT2D eigenvalue weighted by atomic mass is 10.2. The minimum atomic E-state index is -0.243. The van der Waals surface area contributed by atoms with Gasteiger partial charge in [0.05, 0.1) is 0 Å². The predicted octanol–water partition coefficient (Wildman–Crippen LogP) is 2.32. The average molecular weight is 248 g/mol. The van der Waals surface area contributed by atoms with Crippen LogP contribution in [0.2, 0.25) is 0 Å². The molecule has 0 fully saturated rings. The minimum Gasteiger partial charge on any atom is -0.454 e. The zero-order valence-corrected chi connectivity index (χ0v) is 10.5. The van der Waals surface area contributed by atoms with Gasteiger partial charge >= 0.3 is 0 Å². The van der Waals surface area contributed by atoms with Crippen molar-refractivity contribution in [1.29, 1.82) is 0 Å². The van der Waals surface area contributed by atoms with Crippen molar-refractivity contribution in [2.75, 3.05) is 6.79 Å². The van der Waals surface area contributed by atoms with Crippen LogP contribution in [0.15, 0.2) is 23.3 Å².